The number of amides is 2. The molecule has 9 nitrogen and oxygen atoms in total. The van der Waals surface area contributed by atoms with Gasteiger partial charge in [0.2, 0.25) is 17.8 Å². The monoisotopic (exact) mass is 516 g/mol. The average molecular weight is 517 g/mol. The van der Waals surface area contributed by atoms with E-state index in [1.165, 1.54) is 22.1 Å². The highest BCUT2D eigenvalue weighted by Crippen LogP contribution is 2.30. The van der Waals surface area contributed by atoms with Crippen LogP contribution in [0.15, 0.2) is 52.6 Å². The summed E-state index contributed by atoms with van der Waals surface area (Å²) in [6, 6.07) is 12.9. The maximum Gasteiger partial charge on any atom is 0.252 e. The molecule has 0 spiro atoms. The van der Waals surface area contributed by atoms with Crippen molar-refractivity contribution in [3.05, 3.63) is 75.0 Å². The fraction of sp³-hybridized carbons (Fsp3) is 0.296. The number of nitrogens with one attached hydrogen (secondary N) is 2. The number of carbonyl (C=O) groups excluding carboxylic acids is 2. The molecule has 4 aromatic rings. The Morgan fingerprint density at radius 2 is 1.95 bits per heavy atom. The van der Waals surface area contributed by atoms with Crippen LogP contribution in [0.3, 0.4) is 0 Å². The highest BCUT2D eigenvalue weighted by Gasteiger charge is 2.36. The number of aromatic amines is 1. The minimum Gasteiger partial charge on any atom is -0.312 e. The Balaban J connectivity index is 1.45. The number of anilines is 2. The van der Waals surface area contributed by atoms with Crippen LogP contribution in [0.2, 0.25) is 0 Å². The van der Waals surface area contributed by atoms with E-state index < -0.39 is 5.92 Å². The summed E-state index contributed by atoms with van der Waals surface area (Å²) < 4.78 is 1.44. The minimum absolute atomic E-state index is 0.0346. The van der Waals surface area contributed by atoms with Gasteiger partial charge in [-0.2, -0.15) is 9.78 Å². The van der Waals surface area contributed by atoms with Crippen molar-refractivity contribution < 1.29 is 9.59 Å². The number of aryl methyl sites for hydroxylation is 2. The van der Waals surface area contributed by atoms with Crippen LogP contribution in [-0.4, -0.2) is 38.1 Å². The molecule has 1 unspecified atom stereocenters. The van der Waals surface area contributed by atoms with Crippen LogP contribution in [0.25, 0.3) is 16.5 Å². The zero-order valence-electron chi connectivity index (χ0n) is 21.1. The molecular weight excluding hydrogens is 488 g/mol. The minimum atomic E-state index is -0.531. The van der Waals surface area contributed by atoms with Crippen LogP contribution in [0, 0.1) is 19.8 Å². The van der Waals surface area contributed by atoms with Gasteiger partial charge < -0.3 is 10.2 Å². The summed E-state index contributed by atoms with van der Waals surface area (Å²) in [6.07, 6.45) is 0.114. The summed E-state index contributed by atoms with van der Waals surface area (Å²) in [5, 5.41) is 9.52. The first-order valence-electron chi connectivity index (χ1n) is 12.1. The first-order valence-corrected chi connectivity index (χ1v) is 13.0. The summed E-state index contributed by atoms with van der Waals surface area (Å²) in [5.41, 5.74) is 3.99. The lowest BCUT2D eigenvalue weighted by atomic mass is 10.1. The Morgan fingerprint density at radius 3 is 2.65 bits per heavy atom. The van der Waals surface area contributed by atoms with Gasteiger partial charge in [-0.3, -0.25) is 19.4 Å². The standard InChI is InChI=1S/C27H28N6O3S/c1-15(2)20-13-24(34)30-27(28-20)33-23(12-21(31-33)22-6-5-9-37-22)29-26(36)18-11-25(35)32(14-18)19-8-7-16(3)17(4)10-19/h5-10,12-13,15,18H,11,14H2,1-4H3,(H,29,36)(H,28,30,34). The number of nitrogens with zero attached hydrogens (tertiary/aromatic N) is 4. The van der Waals surface area contributed by atoms with Crippen LogP contribution in [0.1, 0.15) is 43.0 Å². The lowest BCUT2D eigenvalue weighted by Gasteiger charge is -2.18. The molecule has 5 rings (SSSR count). The number of hydrogen-bond donors (Lipinski definition) is 2. The average Bonchev–Trinajstić information content (AvgIpc) is 3.60. The zero-order valence-corrected chi connectivity index (χ0v) is 21.9. The largest absolute Gasteiger partial charge is 0.312 e. The van der Waals surface area contributed by atoms with E-state index in [2.05, 4.69) is 20.4 Å². The van der Waals surface area contributed by atoms with Crippen LogP contribution in [0.5, 0.6) is 0 Å². The quantitative estimate of drug-likeness (QED) is 0.394. The normalized spacial score (nSPS) is 15.5. The first kappa shape index (κ1) is 24.6. The van der Waals surface area contributed by atoms with Crippen LogP contribution in [-0.2, 0) is 9.59 Å². The molecule has 1 saturated heterocycles. The summed E-state index contributed by atoms with van der Waals surface area (Å²) in [7, 11) is 0. The highest BCUT2D eigenvalue weighted by molar-refractivity contribution is 7.13. The zero-order chi connectivity index (χ0) is 26.3. The van der Waals surface area contributed by atoms with Gasteiger partial charge in [0.25, 0.3) is 5.56 Å². The Bertz CT molecular complexity index is 1540. The van der Waals surface area contributed by atoms with Gasteiger partial charge in [0.05, 0.1) is 16.5 Å². The lowest BCUT2D eigenvalue weighted by Crippen LogP contribution is -2.29. The van der Waals surface area contributed by atoms with E-state index in [0.29, 0.717) is 17.2 Å². The molecule has 0 aliphatic carbocycles. The van der Waals surface area contributed by atoms with Crippen LogP contribution in [0.4, 0.5) is 11.5 Å². The number of rotatable bonds is 6. The Morgan fingerprint density at radius 1 is 1.14 bits per heavy atom. The maximum atomic E-state index is 13.4. The van der Waals surface area contributed by atoms with Gasteiger partial charge in [-0.1, -0.05) is 26.0 Å². The second kappa shape index (κ2) is 9.78. The molecule has 1 fully saturated rings. The number of thiophene rings is 1. The maximum absolute atomic E-state index is 13.4. The number of benzene rings is 1. The van der Waals surface area contributed by atoms with E-state index in [4.69, 9.17) is 0 Å². The molecule has 2 amide bonds. The second-order valence-corrected chi connectivity index (χ2v) is 10.6. The molecule has 1 aliphatic heterocycles. The first-order chi connectivity index (χ1) is 17.7. The molecule has 190 valence electrons. The molecule has 10 heteroatoms. The van der Waals surface area contributed by atoms with E-state index in [1.54, 1.807) is 11.0 Å². The molecule has 2 N–H and O–H groups in total. The van der Waals surface area contributed by atoms with Crippen molar-refractivity contribution in [3.63, 3.8) is 0 Å². The van der Waals surface area contributed by atoms with Crippen molar-refractivity contribution in [1.29, 1.82) is 0 Å². The fourth-order valence-corrected chi connectivity index (χ4v) is 4.97. The third kappa shape index (κ3) is 4.97. The van der Waals surface area contributed by atoms with Crippen LogP contribution < -0.4 is 15.8 Å². The smallest absolute Gasteiger partial charge is 0.252 e. The SMILES string of the molecule is Cc1ccc(N2CC(C(=O)Nc3cc(-c4cccs4)nn3-c3nc(C(C)C)cc(=O)[nH]3)CC2=O)cc1C. The molecule has 0 bridgehead atoms. The Labute approximate surface area is 218 Å². The topological polar surface area (TPSA) is 113 Å². The van der Waals surface area contributed by atoms with Crippen molar-refractivity contribution in [2.75, 3.05) is 16.8 Å². The van der Waals surface area contributed by atoms with Gasteiger partial charge >= 0.3 is 0 Å². The summed E-state index contributed by atoms with van der Waals surface area (Å²) in [6.45, 7) is 8.22. The summed E-state index contributed by atoms with van der Waals surface area (Å²) in [5.74, 6) is -0.292. The molecule has 1 atom stereocenters. The molecule has 1 aromatic carbocycles. The number of carbonyl (C=O) groups is 2. The van der Waals surface area contributed by atoms with Crippen molar-refractivity contribution in [3.8, 4) is 16.5 Å². The number of aromatic nitrogens is 4. The second-order valence-electron chi connectivity index (χ2n) is 9.62. The predicted molar refractivity (Wildman–Crippen MR) is 144 cm³/mol. The van der Waals surface area contributed by atoms with E-state index in [1.807, 2.05) is 63.4 Å². The fourth-order valence-electron chi connectivity index (χ4n) is 4.29. The van der Waals surface area contributed by atoms with E-state index in [9.17, 15) is 14.4 Å². The molecule has 1 aliphatic rings. The summed E-state index contributed by atoms with van der Waals surface area (Å²) in [4.78, 5) is 48.4. The molecule has 4 heterocycles. The number of hydrogen-bond acceptors (Lipinski definition) is 6. The van der Waals surface area contributed by atoms with Crippen molar-refractivity contribution in [2.45, 2.75) is 40.0 Å². The molecular formula is C27H28N6O3S. The van der Waals surface area contributed by atoms with Crippen molar-refractivity contribution in [1.82, 2.24) is 19.7 Å². The summed E-state index contributed by atoms with van der Waals surface area (Å²) >= 11 is 1.52. The Hall–Kier alpha value is -4.05. The molecule has 0 radical (unpaired) electrons. The van der Waals surface area contributed by atoms with Gasteiger partial charge in [-0.15, -0.1) is 11.3 Å². The highest BCUT2D eigenvalue weighted by atomic mass is 32.1. The third-order valence-electron chi connectivity index (χ3n) is 6.57. The molecule has 37 heavy (non-hydrogen) atoms. The van der Waals surface area contributed by atoms with Gasteiger partial charge in [-0.05, 0) is 54.5 Å². The predicted octanol–water partition coefficient (Wildman–Crippen LogP) is 4.42. The number of H-pyrrole nitrogens is 1. The van der Waals surface area contributed by atoms with E-state index >= 15 is 0 Å². The van der Waals surface area contributed by atoms with Gasteiger partial charge in [0, 0.05) is 30.8 Å². The van der Waals surface area contributed by atoms with Gasteiger partial charge in [0.1, 0.15) is 11.5 Å². The van der Waals surface area contributed by atoms with Crippen LogP contribution >= 0.6 is 11.3 Å². The lowest BCUT2D eigenvalue weighted by molar-refractivity contribution is -0.122. The van der Waals surface area contributed by atoms with Gasteiger partial charge in [0.15, 0.2) is 0 Å². The Kier molecular flexibility index (Phi) is 6.51. The van der Waals surface area contributed by atoms with Crippen molar-refractivity contribution >= 4 is 34.7 Å². The van der Waals surface area contributed by atoms with Gasteiger partial charge in [-0.25, -0.2) is 4.98 Å². The molecule has 0 saturated carbocycles. The molecule has 3 aromatic heterocycles. The van der Waals surface area contributed by atoms with Crippen molar-refractivity contribution in [2.24, 2.45) is 5.92 Å². The third-order valence-corrected chi connectivity index (χ3v) is 7.47. The van der Waals surface area contributed by atoms with E-state index in [-0.39, 0.29) is 42.2 Å². The van der Waals surface area contributed by atoms with E-state index in [0.717, 1.165) is 21.7 Å².